The molecule has 144 valence electrons. The molecule has 1 aromatic heterocycles. The van der Waals surface area contributed by atoms with Gasteiger partial charge in [-0.15, -0.1) is 0 Å². The lowest BCUT2D eigenvalue weighted by Gasteiger charge is -2.37. The van der Waals surface area contributed by atoms with E-state index in [4.69, 9.17) is 0 Å². The molecule has 0 saturated carbocycles. The summed E-state index contributed by atoms with van der Waals surface area (Å²) < 4.78 is 19.6. The molecule has 0 aliphatic rings. The molecule has 26 heavy (non-hydrogen) atoms. The van der Waals surface area contributed by atoms with Crippen molar-refractivity contribution < 1.29 is 9.36 Å². The first-order valence-corrected chi connectivity index (χ1v) is 11.1. The molecule has 2 aromatic rings. The number of nitrogens with one attached hydrogen (secondary N) is 1. The van der Waals surface area contributed by atoms with Crippen LogP contribution in [0, 0.1) is 0 Å². The lowest BCUT2D eigenvalue weighted by atomic mass is 10.2. The van der Waals surface area contributed by atoms with Crippen LogP contribution in [0.5, 0.6) is 0 Å². The van der Waals surface area contributed by atoms with Crippen LogP contribution in [-0.2, 0) is 11.1 Å². The van der Waals surface area contributed by atoms with E-state index in [9.17, 15) is 9.36 Å². The predicted octanol–water partition coefficient (Wildman–Crippen LogP) is 4.18. The quantitative estimate of drug-likeness (QED) is 0.665. The molecule has 0 spiro atoms. The molecule has 0 aliphatic carbocycles. The Morgan fingerprint density at radius 1 is 1.00 bits per heavy atom. The van der Waals surface area contributed by atoms with Gasteiger partial charge in [-0.25, -0.2) is 9.34 Å². The molecule has 0 unspecified atom stereocenters. The highest BCUT2D eigenvalue weighted by atomic mass is 31.2. The maximum absolute atomic E-state index is 13.8. The van der Waals surface area contributed by atoms with Crippen molar-refractivity contribution in [2.45, 2.75) is 41.2 Å². The summed E-state index contributed by atoms with van der Waals surface area (Å²) in [7, 11) is -3.18. The Hall–Kier alpha value is -1.62. The smallest absolute Gasteiger partial charge is 0.310 e. The fourth-order valence-electron chi connectivity index (χ4n) is 3.42. The summed E-state index contributed by atoms with van der Waals surface area (Å²) >= 11 is 0. The van der Waals surface area contributed by atoms with Gasteiger partial charge in [0.15, 0.2) is 0 Å². The van der Waals surface area contributed by atoms with Crippen molar-refractivity contribution in [3.63, 3.8) is 0 Å². The summed E-state index contributed by atoms with van der Waals surface area (Å²) in [4.78, 5) is 13.1. The van der Waals surface area contributed by atoms with Crippen molar-refractivity contribution in [3.05, 3.63) is 36.0 Å². The van der Waals surface area contributed by atoms with Gasteiger partial charge in [-0.1, -0.05) is 45.9 Å². The monoisotopic (exact) mass is 378 g/mol. The van der Waals surface area contributed by atoms with E-state index in [1.807, 2.05) is 79.0 Å². The molecule has 6 nitrogen and oxygen atoms in total. The molecule has 2 rings (SSSR count). The Bertz CT molecular complexity index is 778. The third-order valence-electron chi connectivity index (χ3n) is 4.85. The first-order chi connectivity index (χ1) is 12.5. The fraction of sp³-hybridized carbons (Fsp3) is 0.526. The summed E-state index contributed by atoms with van der Waals surface area (Å²) in [5, 5.41) is 3.78. The number of hydrogen-bond acceptors (Lipinski definition) is 2. The lowest BCUT2D eigenvalue weighted by Crippen LogP contribution is -2.40. The third-order valence-corrected chi connectivity index (χ3v) is 8.01. The Balaban J connectivity index is 2.46. The van der Waals surface area contributed by atoms with Crippen molar-refractivity contribution in [1.29, 1.82) is 0 Å². The second kappa shape index (κ2) is 8.85. The van der Waals surface area contributed by atoms with Crippen molar-refractivity contribution in [3.8, 4) is 0 Å². The minimum Gasteiger partial charge on any atom is -0.347 e. The summed E-state index contributed by atoms with van der Waals surface area (Å²) in [5.41, 5.74) is 1.59. The van der Waals surface area contributed by atoms with Gasteiger partial charge in [0.25, 0.3) is 5.91 Å². The van der Waals surface area contributed by atoms with Gasteiger partial charge in [-0.05, 0) is 13.0 Å². The Labute approximate surface area is 156 Å². The number of rotatable bonds is 9. The largest absolute Gasteiger partial charge is 0.347 e. The molecular formula is C19H31N4O2P. The number of carbonyl (C=O) groups is 1. The molecule has 0 aliphatic heterocycles. The molecule has 1 aromatic carbocycles. The van der Waals surface area contributed by atoms with Gasteiger partial charge < -0.3 is 4.57 Å². The van der Waals surface area contributed by atoms with Crippen LogP contribution in [0.3, 0.4) is 0 Å². The predicted molar refractivity (Wildman–Crippen MR) is 109 cm³/mol. The average molecular weight is 378 g/mol. The molecule has 0 radical (unpaired) electrons. The average Bonchev–Trinajstić information content (AvgIpc) is 3.02. The summed E-state index contributed by atoms with van der Waals surface area (Å²) in [5.74, 6) is -0.282. The van der Waals surface area contributed by atoms with Crippen LogP contribution >= 0.6 is 7.59 Å². The van der Waals surface area contributed by atoms with Gasteiger partial charge in [0.1, 0.15) is 0 Å². The van der Waals surface area contributed by atoms with Crippen molar-refractivity contribution in [1.82, 2.24) is 19.0 Å². The van der Waals surface area contributed by atoms with Crippen LogP contribution in [-0.4, -0.2) is 46.0 Å². The molecule has 1 heterocycles. The highest BCUT2D eigenvalue weighted by Gasteiger charge is 2.36. The first-order valence-electron chi connectivity index (χ1n) is 9.47. The zero-order valence-corrected chi connectivity index (χ0v) is 17.4. The number of fused-ring (bicyclic) bond motifs is 1. The van der Waals surface area contributed by atoms with E-state index in [1.54, 1.807) is 0 Å². The van der Waals surface area contributed by atoms with Crippen LogP contribution in [0.15, 0.2) is 30.5 Å². The topological polar surface area (TPSA) is 57.6 Å². The molecular weight excluding hydrogens is 347 g/mol. The first kappa shape index (κ1) is 20.7. The van der Waals surface area contributed by atoms with Crippen molar-refractivity contribution >= 4 is 24.4 Å². The number of para-hydroxylation sites is 1. The minimum absolute atomic E-state index is 0.282. The summed E-state index contributed by atoms with van der Waals surface area (Å²) in [6.07, 6.45) is 1.86. The van der Waals surface area contributed by atoms with Gasteiger partial charge >= 0.3 is 7.59 Å². The zero-order chi connectivity index (χ0) is 19.3. The Morgan fingerprint density at radius 3 is 2.04 bits per heavy atom. The molecule has 0 bridgehead atoms. The second-order valence-corrected chi connectivity index (χ2v) is 8.55. The molecule has 7 heteroatoms. The number of amides is 1. The van der Waals surface area contributed by atoms with E-state index < -0.39 is 7.59 Å². The highest BCUT2D eigenvalue weighted by molar-refractivity contribution is 7.57. The zero-order valence-electron chi connectivity index (χ0n) is 16.5. The molecule has 0 fully saturated rings. The molecule has 1 N–H and O–H groups in total. The molecule has 1 amide bonds. The SMILES string of the molecule is CCN(CC)P(=O)(NC(=O)c1cn(CC)c2ccccc12)N(CC)CC. The number of carbonyl (C=O) groups excluding carboxylic acids is 1. The van der Waals surface area contributed by atoms with Crippen molar-refractivity contribution in [2.24, 2.45) is 0 Å². The van der Waals surface area contributed by atoms with E-state index >= 15 is 0 Å². The van der Waals surface area contributed by atoms with Crippen LogP contribution in [0.25, 0.3) is 10.9 Å². The van der Waals surface area contributed by atoms with Gasteiger partial charge in [0, 0.05) is 49.8 Å². The van der Waals surface area contributed by atoms with Gasteiger partial charge in [0.2, 0.25) is 0 Å². The van der Waals surface area contributed by atoms with Crippen LogP contribution in [0.2, 0.25) is 0 Å². The van der Waals surface area contributed by atoms with Gasteiger partial charge in [-0.2, -0.15) is 0 Å². The van der Waals surface area contributed by atoms with Crippen LogP contribution < -0.4 is 5.09 Å². The summed E-state index contributed by atoms with van der Waals surface area (Å²) in [6, 6.07) is 7.83. The molecule has 0 saturated heterocycles. The van der Waals surface area contributed by atoms with Crippen LogP contribution in [0.4, 0.5) is 0 Å². The normalized spacial score (nSPS) is 12.3. The maximum atomic E-state index is 13.8. The maximum Gasteiger partial charge on any atom is 0.310 e. The Morgan fingerprint density at radius 2 is 1.54 bits per heavy atom. The van der Waals surface area contributed by atoms with E-state index in [0.29, 0.717) is 31.7 Å². The number of hydrogen-bond donors (Lipinski definition) is 1. The fourth-order valence-corrected chi connectivity index (χ4v) is 5.98. The number of benzene rings is 1. The minimum atomic E-state index is -3.18. The standard InChI is InChI=1S/C19H31N4O2P/c1-6-21-15-17(16-13-11-12-14-18(16)21)19(24)20-26(25,22(7-2)8-3)23(9-4)10-5/h11-15H,6-10H2,1-5H3,(H,20,24,25). The van der Waals surface area contributed by atoms with Gasteiger partial charge in [0.05, 0.1) is 5.56 Å². The van der Waals surface area contributed by atoms with E-state index in [1.165, 1.54) is 0 Å². The number of nitrogens with zero attached hydrogens (tertiary/aromatic N) is 3. The third kappa shape index (κ3) is 3.73. The molecule has 0 atom stereocenters. The number of aromatic nitrogens is 1. The summed E-state index contributed by atoms with van der Waals surface area (Å²) in [6.45, 7) is 13.1. The van der Waals surface area contributed by atoms with Crippen LogP contribution in [0.1, 0.15) is 45.0 Å². The van der Waals surface area contributed by atoms with E-state index in [2.05, 4.69) is 5.09 Å². The Kier molecular flexibility index (Phi) is 7.04. The van der Waals surface area contributed by atoms with E-state index in [-0.39, 0.29) is 5.91 Å². The van der Waals surface area contributed by atoms with Gasteiger partial charge in [-0.3, -0.25) is 14.4 Å². The second-order valence-electron chi connectivity index (χ2n) is 6.11. The van der Waals surface area contributed by atoms with Crippen molar-refractivity contribution in [2.75, 3.05) is 26.2 Å². The van der Waals surface area contributed by atoms with E-state index in [0.717, 1.165) is 17.4 Å². The highest BCUT2D eigenvalue weighted by Crippen LogP contribution is 2.49. The lowest BCUT2D eigenvalue weighted by molar-refractivity contribution is 0.0975. The number of aryl methyl sites for hydroxylation is 1.